The van der Waals surface area contributed by atoms with Gasteiger partial charge in [0.1, 0.15) is 5.75 Å². The zero-order valence-corrected chi connectivity index (χ0v) is 12.5. The summed E-state index contributed by atoms with van der Waals surface area (Å²) in [6.45, 7) is -0.00503. The first kappa shape index (κ1) is 17.3. The van der Waals surface area contributed by atoms with Gasteiger partial charge in [-0.05, 0) is 12.1 Å². The highest BCUT2D eigenvalue weighted by atomic mass is 32.2. The Balaban J connectivity index is 2.24. The summed E-state index contributed by atoms with van der Waals surface area (Å²) in [5, 5.41) is 4.94. The number of rotatable bonds is 4. The predicted molar refractivity (Wildman–Crippen MR) is 76.0 cm³/mol. The molecule has 0 aliphatic carbocycles. The van der Waals surface area contributed by atoms with E-state index < -0.39 is 39.7 Å². The summed E-state index contributed by atoms with van der Waals surface area (Å²) < 4.78 is 62.8. The Kier molecular flexibility index (Phi) is 4.44. The van der Waals surface area contributed by atoms with Crippen molar-refractivity contribution in [2.45, 2.75) is 12.8 Å². The fourth-order valence-corrected chi connectivity index (χ4v) is 3.29. The van der Waals surface area contributed by atoms with Crippen molar-refractivity contribution in [3.8, 4) is 5.75 Å². The van der Waals surface area contributed by atoms with Gasteiger partial charge in [-0.25, -0.2) is 13.6 Å². The average Bonchev–Trinajstić information content (AvgIpc) is 2.68. The fourth-order valence-electron chi connectivity index (χ4n) is 2.41. The van der Waals surface area contributed by atoms with Gasteiger partial charge in [-0.3, -0.25) is 4.79 Å². The number of hydrogen-bond donors (Lipinski definition) is 2. The highest BCUT2D eigenvalue weighted by molar-refractivity contribution is 7.89. The van der Waals surface area contributed by atoms with Gasteiger partial charge in [0.2, 0.25) is 15.9 Å². The van der Waals surface area contributed by atoms with Gasteiger partial charge < -0.3 is 15.4 Å². The third kappa shape index (κ3) is 4.73. The molecule has 2 rings (SSSR count). The van der Waals surface area contributed by atoms with Gasteiger partial charge in [0.25, 0.3) is 0 Å². The molecule has 1 aromatic rings. The van der Waals surface area contributed by atoms with E-state index >= 15 is 0 Å². The summed E-state index contributed by atoms with van der Waals surface area (Å²) in [6.07, 6.45) is -4.96. The maximum atomic E-state index is 12.3. The molecule has 1 atom stereocenters. The molecule has 11 heteroatoms. The molecule has 1 amide bonds. The first-order valence-electron chi connectivity index (χ1n) is 6.41. The summed E-state index contributed by atoms with van der Waals surface area (Å²) in [4.78, 5) is 13.1. The standard InChI is InChI=1S/C12H14F3N3O4S/c13-12(14,15)22-8-1-2-9(16)10(4-8)18-5-7(3-11(18)19)6-23(17,20)21/h1-2,4,7H,3,5-6,16H2,(H2,17,20,21). The van der Waals surface area contributed by atoms with E-state index in [1.54, 1.807) is 0 Å². The lowest BCUT2D eigenvalue weighted by molar-refractivity contribution is -0.274. The van der Waals surface area contributed by atoms with Crippen LogP contribution in [-0.2, 0) is 14.8 Å². The molecule has 1 aliphatic rings. The average molecular weight is 353 g/mol. The van der Waals surface area contributed by atoms with Crippen molar-refractivity contribution in [1.29, 1.82) is 0 Å². The van der Waals surface area contributed by atoms with E-state index in [0.717, 1.165) is 17.0 Å². The number of hydrogen-bond acceptors (Lipinski definition) is 5. The van der Waals surface area contributed by atoms with Crippen LogP contribution >= 0.6 is 0 Å². The number of halogens is 3. The Morgan fingerprint density at radius 2 is 2.00 bits per heavy atom. The van der Waals surface area contributed by atoms with Crippen molar-refractivity contribution in [2.75, 3.05) is 22.9 Å². The first-order chi connectivity index (χ1) is 10.4. The molecule has 1 heterocycles. The molecule has 0 radical (unpaired) electrons. The van der Waals surface area contributed by atoms with Crippen LogP contribution in [0, 0.1) is 5.92 Å². The lowest BCUT2D eigenvalue weighted by atomic mass is 10.1. The molecule has 0 spiro atoms. The molecule has 0 saturated carbocycles. The quantitative estimate of drug-likeness (QED) is 0.777. The van der Waals surface area contributed by atoms with E-state index in [4.69, 9.17) is 10.9 Å². The smallest absolute Gasteiger partial charge is 0.406 e. The Bertz CT molecular complexity index is 721. The molecule has 23 heavy (non-hydrogen) atoms. The number of sulfonamides is 1. The van der Waals surface area contributed by atoms with Crippen molar-refractivity contribution in [3.63, 3.8) is 0 Å². The van der Waals surface area contributed by atoms with Crippen LogP contribution in [0.5, 0.6) is 5.75 Å². The largest absolute Gasteiger partial charge is 0.573 e. The summed E-state index contributed by atoms with van der Waals surface area (Å²) in [5.41, 5.74) is 5.80. The first-order valence-corrected chi connectivity index (χ1v) is 8.12. The maximum absolute atomic E-state index is 12.3. The highest BCUT2D eigenvalue weighted by Crippen LogP contribution is 2.34. The SMILES string of the molecule is Nc1ccc(OC(F)(F)F)cc1N1CC(CS(N)(=O)=O)CC1=O. The minimum Gasteiger partial charge on any atom is -0.406 e. The number of nitrogens with two attached hydrogens (primary N) is 2. The lowest BCUT2D eigenvalue weighted by Gasteiger charge is -2.20. The number of nitrogens with zero attached hydrogens (tertiary/aromatic N) is 1. The number of ether oxygens (including phenoxy) is 1. The van der Waals surface area contributed by atoms with E-state index in [1.807, 2.05) is 0 Å². The predicted octanol–water partition coefficient (Wildman–Crippen LogP) is 0.809. The zero-order valence-electron chi connectivity index (χ0n) is 11.7. The van der Waals surface area contributed by atoms with Crippen LogP contribution in [0.25, 0.3) is 0 Å². The molecule has 1 aliphatic heterocycles. The second kappa shape index (κ2) is 5.89. The van der Waals surface area contributed by atoms with Gasteiger partial charge in [-0.15, -0.1) is 13.2 Å². The Morgan fingerprint density at radius 1 is 1.35 bits per heavy atom. The number of carbonyl (C=O) groups is 1. The van der Waals surface area contributed by atoms with Crippen molar-refractivity contribution < 1.29 is 31.1 Å². The van der Waals surface area contributed by atoms with Crippen molar-refractivity contribution in [3.05, 3.63) is 18.2 Å². The fraction of sp³-hybridized carbons (Fsp3) is 0.417. The Labute approximate surface area is 130 Å². The molecule has 0 bridgehead atoms. The van der Waals surface area contributed by atoms with Crippen LogP contribution in [0.4, 0.5) is 24.5 Å². The maximum Gasteiger partial charge on any atom is 0.573 e. The van der Waals surface area contributed by atoms with Crippen LogP contribution in [-0.4, -0.2) is 33.0 Å². The van der Waals surface area contributed by atoms with Crippen molar-refractivity contribution in [2.24, 2.45) is 11.1 Å². The number of carbonyl (C=O) groups excluding carboxylic acids is 1. The number of primary sulfonamides is 1. The number of anilines is 2. The molecular weight excluding hydrogens is 339 g/mol. The highest BCUT2D eigenvalue weighted by Gasteiger charge is 2.35. The molecular formula is C12H14F3N3O4S. The van der Waals surface area contributed by atoms with E-state index in [9.17, 15) is 26.4 Å². The second-order valence-electron chi connectivity index (χ2n) is 5.17. The van der Waals surface area contributed by atoms with Gasteiger partial charge >= 0.3 is 6.36 Å². The summed E-state index contributed by atoms with van der Waals surface area (Å²) in [7, 11) is -3.76. The minimum absolute atomic E-state index is 0.00503. The molecule has 4 N–H and O–H groups in total. The van der Waals surface area contributed by atoms with Crippen LogP contribution < -0.4 is 20.5 Å². The summed E-state index contributed by atoms with van der Waals surface area (Å²) in [6, 6.07) is 3.19. The van der Waals surface area contributed by atoms with Gasteiger partial charge in [-0.2, -0.15) is 0 Å². The summed E-state index contributed by atoms with van der Waals surface area (Å²) >= 11 is 0. The monoisotopic (exact) mass is 353 g/mol. The van der Waals surface area contributed by atoms with Crippen molar-refractivity contribution >= 4 is 27.3 Å². The van der Waals surface area contributed by atoms with Crippen LogP contribution in [0.3, 0.4) is 0 Å². The molecule has 1 aromatic carbocycles. The third-order valence-electron chi connectivity index (χ3n) is 3.20. The molecule has 0 aromatic heterocycles. The minimum atomic E-state index is -4.88. The van der Waals surface area contributed by atoms with E-state index in [0.29, 0.717) is 0 Å². The number of benzene rings is 1. The van der Waals surface area contributed by atoms with Gasteiger partial charge in [0.15, 0.2) is 0 Å². The van der Waals surface area contributed by atoms with Gasteiger partial charge in [-0.1, -0.05) is 0 Å². The van der Waals surface area contributed by atoms with Crippen LogP contribution in [0.1, 0.15) is 6.42 Å². The zero-order chi connectivity index (χ0) is 17.4. The Morgan fingerprint density at radius 3 is 2.57 bits per heavy atom. The topological polar surface area (TPSA) is 116 Å². The van der Waals surface area contributed by atoms with Gasteiger partial charge in [0, 0.05) is 24.9 Å². The van der Waals surface area contributed by atoms with Crippen molar-refractivity contribution in [1.82, 2.24) is 0 Å². The summed E-state index contributed by atoms with van der Waals surface area (Å²) in [5.74, 6) is -1.92. The number of nitrogen functional groups attached to an aromatic ring is 1. The van der Waals surface area contributed by atoms with Crippen LogP contribution in [0.15, 0.2) is 18.2 Å². The lowest BCUT2D eigenvalue weighted by Crippen LogP contribution is -2.28. The number of amides is 1. The molecule has 128 valence electrons. The molecule has 1 unspecified atom stereocenters. The van der Waals surface area contributed by atoms with E-state index in [2.05, 4.69) is 4.74 Å². The molecule has 1 fully saturated rings. The van der Waals surface area contributed by atoms with Gasteiger partial charge in [0.05, 0.1) is 17.1 Å². The van der Waals surface area contributed by atoms with E-state index in [-0.39, 0.29) is 24.3 Å². The van der Waals surface area contributed by atoms with Crippen LogP contribution in [0.2, 0.25) is 0 Å². The third-order valence-corrected chi connectivity index (χ3v) is 4.14. The number of alkyl halides is 3. The molecule has 7 nitrogen and oxygen atoms in total. The second-order valence-corrected chi connectivity index (χ2v) is 6.83. The normalized spacial score (nSPS) is 19.2. The Hall–Kier alpha value is -2.01. The van der Waals surface area contributed by atoms with E-state index in [1.165, 1.54) is 6.07 Å². The molecule has 1 saturated heterocycles.